The average molecular weight is 313 g/mol. The third-order valence-corrected chi connectivity index (χ3v) is 5.60. The highest BCUT2D eigenvalue weighted by atomic mass is 32.2. The number of aliphatic hydroxyl groups is 1. The van der Waals surface area contributed by atoms with Crippen molar-refractivity contribution >= 4 is 32.2 Å². The van der Waals surface area contributed by atoms with Crippen LogP contribution in [0.3, 0.4) is 0 Å². The fourth-order valence-corrected chi connectivity index (χ4v) is 4.08. The van der Waals surface area contributed by atoms with Gasteiger partial charge >= 0.3 is 0 Å². The number of thiazole rings is 1. The topological polar surface area (TPSA) is 105 Å². The van der Waals surface area contributed by atoms with Crippen LogP contribution < -0.4 is 10.5 Å². The summed E-state index contributed by atoms with van der Waals surface area (Å²) in [7, 11) is -3.67. The third-order valence-electron chi connectivity index (χ3n) is 2.62. The van der Waals surface area contributed by atoms with E-state index in [2.05, 4.69) is 9.71 Å². The molecule has 0 unspecified atom stereocenters. The molecule has 4 N–H and O–H groups in total. The summed E-state index contributed by atoms with van der Waals surface area (Å²) in [5.41, 5.74) is 7.30. The average Bonchev–Trinajstić information content (AvgIpc) is 2.72. The van der Waals surface area contributed by atoms with Crippen molar-refractivity contribution < 1.29 is 13.5 Å². The van der Waals surface area contributed by atoms with Crippen molar-refractivity contribution in [3.63, 3.8) is 0 Å². The number of aryl methyl sites for hydroxylation is 1. The molecule has 2 aromatic rings. The highest BCUT2D eigenvalue weighted by molar-refractivity contribution is 7.94. The lowest BCUT2D eigenvalue weighted by atomic mass is 10.1. The first-order valence-electron chi connectivity index (χ1n) is 5.88. The maximum Gasteiger partial charge on any atom is 0.273 e. The maximum absolute atomic E-state index is 12.2. The molecule has 0 aliphatic rings. The zero-order valence-corrected chi connectivity index (χ0v) is 12.5. The van der Waals surface area contributed by atoms with E-state index in [1.54, 1.807) is 31.2 Å². The Bertz CT molecular complexity index is 693. The molecule has 6 nitrogen and oxygen atoms in total. The van der Waals surface area contributed by atoms with Crippen LogP contribution in [0.2, 0.25) is 0 Å². The number of hydrogen-bond donors (Lipinski definition) is 3. The van der Waals surface area contributed by atoms with Gasteiger partial charge in [0.2, 0.25) is 0 Å². The van der Waals surface area contributed by atoms with Gasteiger partial charge in [0.05, 0.1) is 5.69 Å². The fourth-order valence-electron chi connectivity index (χ4n) is 1.72. The van der Waals surface area contributed by atoms with Crippen LogP contribution in [-0.4, -0.2) is 25.1 Å². The minimum absolute atomic E-state index is 0.0599. The second-order valence-electron chi connectivity index (χ2n) is 4.20. The van der Waals surface area contributed by atoms with Gasteiger partial charge in [-0.25, -0.2) is 13.4 Å². The summed E-state index contributed by atoms with van der Waals surface area (Å²) in [5, 5.41) is 9.05. The molecule has 0 atom stereocenters. The zero-order valence-electron chi connectivity index (χ0n) is 10.8. The predicted molar refractivity (Wildman–Crippen MR) is 79.3 cm³/mol. The summed E-state index contributed by atoms with van der Waals surface area (Å²) >= 11 is 0.935. The van der Waals surface area contributed by atoms with Gasteiger partial charge in [-0.15, -0.1) is 0 Å². The molecule has 0 spiro atoms. The lowest BCUT2D eigenvalue weighted by molar-refractivity contribution is 0.299. The van der Waals surface area contributed by atoms with Crippen molar-refractivity contribution in [3.8, 4) is 0 Å². The van der Waals surface area contributed by atoms with Crippen LogP contribution in [0.15, 0.2) is 28.5 Å². The second-order valence-corrected chi connectivity index (χ2v) is 7.11. The Morgan fingerprint density at radius 2 is 2.00 bits per heavy atom. The lowest BCUT2D eigenvalue weighted by Crippen LogP contribution is -2.12. The molecule has 0 radical (unpaired) electrons. The number of aliphatic hydroxyl groups excluding tert-OH is 1. The first-order valence-corrected chi connectivity index (χ1v) is 8.18. The molecule has 0 bridgehead atoms. The smallest absolute Gasteiger partial charge is 0.273 e. The van der Waals surface area contributed by atoms with E-state index in [1.807, 2.05) is 0 Å². The van der Waals surface area contributed by atoms with Crippen molar-refractivity contribution in [2.45, 2.75) is 17.6 Å². The second kappa shape index (κ2) is 5.78. The number of benzene rings is 1. The van der Waals surface area contributed by atoms with Crippen LogP contribution >= 0.6 is 11.3 Å². The molecule has 8 heteroatoms. The maximum atomic E-state index is 12.2. The molecule has 0 aliphatic carbocycles. The Kier molecular flexibility index (Phi) is 4.26. The van der Waals surface area contributed by atoms with Crippen LogP contribution in [0.5, 0.6) is 0 Å². The Balaban J connectivity index is 2.22. The molecule has 0 saturated carbocycles. The number of anilines is 2. The number of nitrogens with one attached hydrogen (secondary N) is 1. The van der Waals surface area contributed by atoms with Gasteiger partial charge in [-0.3, -0.25) is 4.72 Å². The van der Waals surface area contributed by atoms with E-state index in [1.165, 1.54) is 0 Å². The number of nitrogens with zero attached hydrogens (tertiary/aromatic N) is 1. The number of nitrogens with two attached hydrogens (primary N) is 1. The van der Waals surface area contributed by atoms with Gasteiger partial charge in [0.1, 0.15) is 0 Å². The van der Waals surface area contributed by atoms with E-state index in [9.17, 15) is 8.42 Å². The quantitative estimate of drug-likeness (QED) is 0.773. The molecule has 0 aliphatic heterocycles. The van der Waals surface area contributed by atoms with Gasteiger partial charge in [0, 0.05) is 12.3 Å². The number of sulfonamides is 1. The van der Waals surface area contributed by atoms with Gasteiger partial charge in [-0.05, 0) is 31.0 Å². The Hall–Kier alpha value is -1.64. The Morgan fingerprint density at radius 1 is 1.35 bits per heavy atom. The molecule has 0 saturated heterocycles. The number of rotatable bonds is 5. The van der Waals surface area contributed by atoms with E-state index in [0.717, 1.165) is 16.9 Å². The third kappa shape index (κ3) is 3.27. The van der Waals surface area contributed by atoms with E-state index < -0.39 is 10.0 Å². The van der Waals surface area contributed by atoms with Crippen molar-refractivity contribution in [3.05, 3.63) is 35.5 Å². The number of nitrogen functional groups attached to an aromatic ring is 1. The number of hydrogen-bond acceptors (Lipinski definition) is 6. The summed E-state index contributed by atoms with van der Waals surface area (Å²) in [4.78, 5) is 3.91. The summed E-state index contributed by atoms with van der Waals surface area (Å²) in [6.07, 6.45) is 0.539. The minimum atomic E-state index is -3.67. The van der Waals surface area contributed by atoms with Gasteiger partial charge in [0.15, 0.2) is 9.34 Å². The monoisotopic (exact) mass is 313 g/mol. The molecule has 1 aromatic heterocycles. The zero-order chi connectivity index (χ0) is 14.8. The van der Waals surface area contributed by atoms with Gasteiger partial charge in [-0.2, -0.15) is 0 Å². The highest BCUT2D eigenvalue weighted by Gasteiger charge is 2.21. The van der Waals surface area contributed by atoms with Crippen LogP contribution in [0.4, 0.5) is 10.8 Å². The molecule has 2 rings (SSSR count). The first-order chi connectivity index (χ1) is 9.42. The molecular formula is C12H15N3O3S2. The normalized spacial score (nSPS) is 11.5. The van der Waals surface area contributed by atoms with Gasteiger partial charge in [-0.1, -0.05) is 23.5 Å². The van der Waals surface area contributed by atoms with Crippen LogP contribution in [0, 0.1) is 6.92 Å². The Labute approximate surface area is 121 Å². The molecule has 1 aromatic carbocycles. The van der Waals surface area contributed by atoms with Crippen LogP contribution in [0.25, 0.3) is 0 Å². The molecule has 1 heterocycles. The molecule has 0 amide bonds. The predicted octanol–water partition coefficient (Wildman–Crippen LogP) is 1.37. The SMILES string of the molecule is Cc1nc(N)sc1S(=O)(=O)Nc1ccc(CCO)cc1. The van der Waals surface area contributed by atoms with Gasteiger partial charge in [0.25, 0.3) is 10.0 Å². The highest BCUT2D eigenvalue weighted by Crippen LogP contribution is 2.27. The largest absolute Gasteiger partial charge is 0.396 e. The van der Waals surface area contributed by atoms with Crippen molar-refractivity contribution in [1.29, 1.82) is 0 Å². The van der Waals surface area contributed by atoms with Crippen molar-refractivity contribution in [2.24, 2.45) is 0 Å². The van der Waals surface area contributed by atoms with Crippen molar-refractivity contribution in [2.75, 3.05) is 17.1 Å². The molecule has 0 fully saturated rings. The summed E-state index contributed by atoms with van der Waals surface area (Å²) in [6.45, 7) is 1.66. The molecule has 108 valence electrons. The first kappa shape index (κ1) is 14.8. The summed E-state index contributed by atoms with van der Waals surface area (Å²) in [6, 6.07) is 6.84. The summed E-state index contributed by atoms with van der Waals surface area (Å²) in [5.74, 6) is 0. The number of aromatic nitrogens is 1. The van der Waals surface area contributed by atoms with E-state index >= 15 is 0 Å². The lowest BCUT2D eigenvalue weighted by Gasteiger charge is -2.07. The standard InChI is InChI=1S/C12H15N3O3S2/c1-8-11(19-12(13)14-8)20(17,18)15-10-4-2-9(3-5-10)6-7-16/h2-5,15-16H,6-7H2,1H3,(H2,13,14). The van der Waals surface area contributed by atoms with E-state index in [0.29, 0.717) is 17.8 Å². The molecular weight excluding hydrogens is 298 g/mol. The van der Waals surface area contributed by atoms with Crippen LogP contribution in [0.1, 0.15) is 11.3 Å². The fraction of sp³-hybridized carbons (Fsp3) is 0.250. The Morgan fingerprint density at radius 3 is 2.50 bits per heavy atom. The summed E-state index contributed by atoms with van der Waals surface area (Å²) < 4.78 is 27.0. The van der Waals surface area contributed by atoms with Gasteiger partial charge < -0.3 is 10.8 Å². The molecule has 20 heavy (non-hydrogen) atoms. The van der Waals surface area contributed by atoms with Crippen LogP contribution in [-0.2, 0) is 16.4 Å². The van der Waals surface area contributed by atoms with E-state index in [-0.39, 0.29) is 15.9 Å². The minimum Gasteiger partial charge on any atom is -0.396 e. The van der Waals surface area contributed by atoms with E-state index in [4.69, 9.17) is 10.8 Å². The van der Waals surface area contributed by atoms with Crippen molar-refractivity contribution in [1.82, 2.24) is 4.98 Å².